The third kappa shape index (κ3) is 4.62. The fraction of sp³-hybridized carbons (Fsp3) is 0.435. The number of thioether (sulfide) groups is 1. The molecule has 2 aromatic heterocycles. The second kappa shape index (κ2) is 9.35. The number of aryl methyl sites for hydroxylation is 3. The molecule has 1 atom stereocenters. The standard InChI is InChI=1S/C23H27N3O2S2/c1-3-17(15-9-7-14(2)8-10-15)24-20(27)11-12-29-13-19-25-22(28)21-16-5-4-6-18(16)30-23(21)26-19/h7-10,17H,3-6,11-13H2,1-2H3,(H,24,27)(H,25,26,28). The van der Waals surface area contributed by atoms with Gasteiger partial charge in [0.1, 0.15) is 10.7 Å². The lowest BCUT2D eigenvalue weighted by Crippen LogP contribution is -2.28. The Labute approximate surface area is 184 Å². The summed E-state index contributed by atoms with van der Waals surface area (Å²) in [6.07, 6.45) is 4.50. The zero-order valence-electron chi connectivity index (χ0n) is 17.4. The number of rotatable bonds is 8. The van der Waals surface area contributed by atoms with Gasteiger partial charge in [-0.2, -0.15) is 11.8 Å². The van der Waals surface area contributed by atoms with E-state index < -0.39 is 0 Å². The van der Waals surface area contributed by atoms with Crippen LogP contribution in [-0.2, 0) is 23.4 Å². The Hall–Kier alpha value is -2.12. The fourth-order valence-corrected chi connectivity index (χ4v) is 6.02. The van der Waals surface area contributed by atoms with E-state index >= 15 is 0 Å². The van der Waals surface area contributed by atoms with Crippen LogP contribution in [0.5, 0.6) is 0 Å². The van der Waals surface area contributed by atoms with Gasteiger partial charge in [0.25, 0.3) is 5.56 Å². The number of aromatic amines is 1. The number of hydrogen-bond donors (Lipinski definition) is 2. The maximum Gasteiger partial charge on any atom is 0.259 e. The molecule has 1 aliphatic rings. The molecule has 1 aliphatic carbocycles. The van der Waals surface area contributed by atoms with Crippen LogP contribution in [0, 0.1) is 6.92 Å². The van der Waals surface area contributed by atoms with Crippen molar-refractivity contribution in [3.05, 3.63) is 62.0 Å². The molecule has 0 radical (unpaired) electrons. The Balaban J connectivity index is 1.29. The SMILES string of the molecule is CCC(NC(=O)CCSCc1nc2sc3c(c2c(=O)[nH]1)CCC3)c1ccc(C)cc1. The second-order valence-electron chi connectivity index (χ2n) is 7.79. The molecule has 3 aromatic rings. The van der Waals surface area contributed by atoms with Gasteiger partial charge in [-0.05, 0) is 43.7 Å². The summed E-state index contributed by atoms with van der Waals surface area (Å²) >= 11 is 3.29. The summed E-state index contributed by atoms with van der Waals surface area (Å²) in [6.45, 7) is 4.14. The summed E-state index contributed by atoms with van der Waals surface area (Å²) in [5.41, 5.74) is 3.55. The van der Waals surface area contributed by atoms with Gasteiger partial charge in [-0.15, -0.1) is 11.3 Å². The van der Waals surface area contributed by atoms with Gasteiger partial charge in [0.05, 0.1) is 17.2 Å². The number of thiophene rings is 1. The molecule has 30 heavy (non-hydrogen) atoms. The lowest BCUT2D eigenvalue weighted by molar-refractivity contribution is -0.121. The molecule has 0 aliphatic heterocycles. The van der Waals surface area contributed by atoms with Crippen molar-refractivity contribution >= 4 is 39.2 Å². The van der Waals surface area contributed by atoms with Crippen LogP contribution < -0.4 is 10.9 Å². The molecule has 0 saturated carbocycles. The zero-order chi connectivity index (χ0) is 21.1. The predicted octanol–water partition coefficient (Wildman–Crippen LogP) is 4.67. The molecule has 0 bridgehead atoms. The van der Waals surface area contributed by atoms with Gasteiger partial charge in [-0.1, -0.05) is 36.8 Å². The average molecular weight is 442 g/mol. The minimum Gasteiger partial charge on any atom is -0.349 e. The largest absolute Gasteiger partial charge is 0.349 e. The third-order valence-corrected chi connectivity index (χ3v) is 7.72. The Bertz CT molecular complexity index is 1100. The summed E-state index contributed by atoms with van der Waals surface area (Å²) < 4.78 is 0. The van der Waals surface area contributed by atoms with Crippen molar-refractivity contribution in [2.75, 3.05) is 5.75 Å². The van der Waals surface area contributed by atoms with Crippen LogP contribution >= 0.6 is 23.1 Å². The molecule has 2 N–H and O–H groups in total. The number of nitrogens with one attached hydrogen (secondary N) is 2. The van der Waals surface area contributed by atoms with Crippen molar-refractivity contribution in [3.8, 4) is 0 Å². The molecule has 0 spiro atoms. The average Bonchev–Trinajstić information content (AvgIpc) is 3.31. The zero-order valence-corrected chi connectivity index (χ0v) is 19.0. The molecule has 7 heteroatoms. The van der Waals surface area contributed by atoms with Gasteiger partial charge < -0.3 is 10.3 Å². The van der Waals surface area contributed by atoms with E-state index in [1.165, 1.54) is 16.0 Å². The highest BCUT2D eigenvalue weighted by atomic mass is 32.2. The molecular formula is C23H27N3O2S2. The predicted molar refractivity (Wildman–Crippen MR) is 125 cm³/mol. The fourth-order valence-electron chi connectivity index (χ4n) is 3.94. The van der Waals surface area contributed by atoms with Gasteiger partial charge in [0.2, 0.25) is 5.91 Å². The number of benzene rings is 1. The molecule has 4 rings (SSSR count). The van der Waals surface area contributed by atoms with Crippen LogP contribution in [0.3, 0.4) is 0 Å². The van der Waals surface area contributed by atoms with Gasteiger partial charge >= 0.3 is 0 Å². The summed E-state index contributed by atoms with van der Waals surface area (Å²) in [4.78, 5) is 34.7. The van der Waals surface area contributed by atoms with Crippen molar-refractivity contribution in [1.29, 1.82) is 0 Å². The minimum atomic E-state index is -0.0170. The molecular weight excluding hydrogens is 414 g/mol. The van der Waals surface area contributed by atoms with E-state index in [0.29, 0.717) is 23.8 Å². The second-order valence-corrected chi connectivity index (χ2v) is 9.98. The van der Waals surface area contributed by atoms with Crippen LogP contribution in [0.15, 0.2) is 29.1 Å². The minimum absolute atomic E-state index is 0.0170. The Morgan fingerprint density at radius 2 is 2.10 bits per heavy atom. The number of carbonyl (C=O) groups is 1. The van der Waals surface area contributed by atoms with Crippen molar-refractivity contribution in [2.24, 2.45) is 0 Å². The Kier molecular flexibility index (Phi) is 6.58. The lowest BCUT2D eigenvalue weighted by Gasteiger charge is -2.17. The van der Waals surface area contributed by atoms with Gasteiger partial charge in [-0.3, -0.25) is 9.59 Å². The van der Waals surface area contributed by atoms with E-state index in [2.05, 4.69) is 53.4 Å². The van der Waals surface area contributed by atoms with Crippen molar-refractivity contribution in [3.63, 3.8) is 0 Å². The van der Waals surface area contributed by atoms with Crippen LogP contribution in [0.2, 0.25) is 0 Å². The van der Waals surface area contributed by atoms with Crippen LogP contribution in [-0.4, -0.2) is 21.6 Å². The summed E-state index contributed by atoms with van der Waals surface area (Å²) in [5, 5.41) is 3.93. The molecule has 0 fully saturated rings. The Morgan fingerprint density at radius 3 is 2.87 bits per heavy atom. The van der Waals surface area contributed by atoms with Gasteiger partial charge in [0.15, 0.2) is 0 Å². The van der Waals surface area contributed by atoms with Gasteiger partial charge in [-0.25, -0.2) is 4.98 Å². The van der Waals surface area contributed by atoms with E-state index in [1.807, 2.05) is 0 Å². The molecule has 5 nitrogen and oxygen atoms in total. The Morgan fingerprint density at radius 1 is 1.30 bits per heavy atom. The van der Waals surface area contributed by atoms with E-state index in [-0.39, 0.29) is 17.5 Å². The monoisotopic (exact) mass is 441 g/mol. The number of carbonyl (C=O) groups excluding carboxylic acids is 1. The van der Waals surface area contributed by atoms with Crippen molar-refractivity contribution in [2.45, 2.75) is 57.7 Å². The highest BCUT2D eigenvalue weighted by molar-refractivity contribution is 7.98. The van der Waals surface area contributed by atoms with Crippen LogP contribution in [0.1, 0.15) is 59.6 Å². The van der Waals surface area contributed by atoms with E-state index in [9.17, 15) is 9.59 Å². The lowest BCUT2D eigenvalue weighted by atomic mass is 10.0. The smallest absolute Gasteiger partial charge is 0.259 e. The maximum atomic E-state index is 12.5. The highest BCUT2D eigenvalue weighted by Gasteiger charge is 2.21. The number of hydrogen-bond acceptors (Lipinski definition) is 5. The van der Waals surface area contributed by atoms with E-state index in [1.54, 1.807) is 23.1 Å². The summed E-state index contributed by atoms with van der Waals surface area (Å²) in [6, 6.07) is 8.36. The highest BCUT2D eigenvalue weighted by Crippen LogP contribution is 2.34. The van der Waals surface area contributed by atoms with E-state index in [4.69, 9.17) is 0 Å². The number of H-pyrrole nitrogens is 1. The first kappa shape index (κ1) is 21.1. The molecule has 158 valence electrons. The maximum absolute atomic E-state index is 12.5. The summed E-state index contributed by atoms with van der Waals surface area (Å²) in [5.74, 6) is 2.06. The number of amides is 1. The summed E-state index contributed by atoms with van der Waals surface area (Å²) in [7, 11) is 0. The molecule has 1 unspecified atom stereocenters. The third-order valence-electron chi connectivity index (χ3n) is 5.56. The van der Waals surface area contributed by atoms with Crippen molar-refractivity contribution < 1.29 is 4.79 Å². The molecule has 2 heterocycles. The quantitative estimate of drug-likeness (QED) is 0.498. The first-order valence-corrected chi connectivity index (χ1v) is 12.5. The first-order chi connectivity index (χ1) is 14.5. The van der Waals surface area contributed by atoms with Gasteiger partial charge in [0, 0.05) is 17.1 Å². The number of fused-ring (bicyclic) bond motifs is 3. The topological polar surface area (TPSA) is 74.8 Å². The number of aromatic nitrogens is 2. The molecule has 0 saturated heterocycles. The van der Waals surface area contributed by atoms with Crippen LogP contribution in [0.4, 0.5) is 0 Å². The normalized spacial score (nSPS) is 14.1. The van der Waals surface area contributed by atoms with E-state index in [0.717, 1.165) is 41.5 Å². The molecule has 1 aromatic carbocycles. The van der Waals surface area contributed by atoms with Crippen LogP contribution in [0.25, 0.3) is 10.2 Å². The first-order valence-electron chi connectivity index (χ1n) is 10.5. The molecule has 1 amide bonds. The van der Waals surface area contributed by atoms with Crippen molar-refractivity contribution in [1.82, 2.24) is 15.3 Å². The number of nitrogens with zero attached hydrogens (tertiary/aromatic N) is 1.